The van der Waals surface area contributed by atoms with E-state index in [-0.39, 0.29) is 30.7 Å². The molecule has 9 heteroatoms. The summed E-state index contributed by atoms with van der Waals surface area (Å²) in [5, 5.41) is 7.65. The Hall–Kier alpha value is -4.27. The Morgan fingerprint density at radius 3 is 2.44 bits per heavy atom. The number of amides is 1. The van der Waals surface area contributed by atoms with Gasteiger partial charge in [-0.2, -0.15) is 9.78 Å². The molecule has 1 atom stereocenters. The summed E-state index contributed by atoms with van der Waals surface area (Å²) in [6, 6.07) is 13.7. The molecule has 5 rings (SSSR count). The van der Waals surface area contributed by atoms with Crippen molar-refractivity contribution in [2.75, 3.05) is 12.4 Å². The SMILES string of the molecule is COc1cc([C@H]2CC(=O)Nc3c2c(C)nn3-c2nc(C)cc(C)n2)ccc1OCc1ccc(F)cc1. The second kappa shape index (κ2) is 9.41. The lowest BCUT2D eigenvalue weighted by Gasteiger charge is -2.25. The molecule has 8 nitrogen and oxygen atoms in total. The number of carbonyl (C=O) groups excluding carboxylic acids is 1. The maximum Gasteiger partial charge on any atom is 0.252 e. The minimum Gasteiger partial charge on any atom is -0.493 e. The molecule has 0 saturated carbocycles. The van der Waals surface area contributed by atoms with Crippen LogP contribution in [0.3, 0.4) is 0 Å². The molecule has 0 aliphatic carbocycles. The third kappa shape index (κ3) is 4.51. The van der Waals surface area contributed by atoms with Gasteiger partial charge < -0.3 is 14.8 Å². The van der Waals surface area contributed by atoms with Gasteiger partial charge >= 0.3 is 0 Å². The minimum absolute atomic E-state index is 0.117. The third-order valence-electron chi connectivity index (χ3n) is 6.16. The Bertz CT molecular complexity index is 1430. The molecule has 36 heavy (non-hydrogen) atoms. The summed E-state index contributed by atoms with van der Waals surface area (Å²) in [5.41, 5.74) is 5.08. The summed E-state index contributed by atoms with van der Waals surface area (Å²) < 4.78 is 26.3. The number of rotatable bonds is 6. The van der Waals surface area contributed by atoms with E-state index in [0.717, 1.165) is 33.8 Å². The molecule has 0 fully saturated rings. The average Bonchev–Trinajstić information content (AvgIpc) is 3.18. The van der Waals surface area contributed by atoms with Crippen LogP contribution in [0.15, 0.2) is 48.5 Å². The molecule has 0 saturated heterocycles. The molecule has 0 radical (unpaired) electrons. The number of aryl methyl sites for hydroxylation is 3. The molecular formula is C27H26FN5O3. The number of carbonyl (C=O) groups is 1. The highest BCUT2D eigenvalue weighted by Crippen LogP contribution is 2.42. The summed E-state index contributed by atoms with van der Waals surface area (Å²) in [6.07, 6.45) is 0.270. The normalized spacial score (nSPS) is 14.8. The van der Waals surface area contributed by atoms with Gasteiger partial charge in [0, 0.05) is 29.3 Å². The first-order valence-electron chi connectivity index (χ1n) is 11.6. The van der Waals surface area contributed by atoms with Crippen molar-refractivity contribution >= 4 is 11.7 Å². The van der Waals surface area contributed by atoms with Crippen LogP contribution in [0.25, 0.3) is 5.95 Å². The van der Waals surface area contributed by atoms with E-state index in [1.807, 2.05) is 45.0 Å². The molecule has 0 spiro atoms. The van der Waals surface area contributed by atoms with Gasteiger partial charge in [-0.3, -0.25) is 4.79 Å². The van der Waals surface area contributed by atoms with E-state index in [1.165, 1.54) is 12.1 Å². The lowest BCUT2D eigenvalue weighted by Crippen LogP contribution is -2.25. The number of anilines is 1. The topological polar surface area (TPSA) is 91.2 Å². The molecule has 2 aromatic heterocycles. The second-order valence-electron chi connectivity index (χ2n) is 8.84. The number of nitrogens with one attached hydrogen (secondary N) is 1. The Kier molecular flexibility index (Phi) is 6.13. The number of hydrogen-bond acceptors (Lipinski definition) is 6. The minimum atomic E-state index is -0.292. The Labute approximate surface area is 208 Å². The average molecular weight is 488 g/mol. The van der Waals surface area contributed by atoms with Crippen molar-refractivity contribution in [3.8, 4) is 17.4 Å². The largest absolute Gasteiger partial charge is 0.493 e. The lowest BCUT2D eigenvalue weighted by molar-refractivity contribution is -0.116. The van der Waals surface area contributed by atoms with Gasteiger partial charge in [0.05, 0.1) is 12.8 Å². The van der Waals surface area contributed by atoms with E-state index in [4.69, 9.17) is 9.47 Å². The zero-order valence-electron chi connectivity index (χ0n) is 20.5. The summed E-state index contributed by atoms with van der Waals surface area (Å²) in [6.45, 7) is 5.98. The molecule has 0 unspecified atom stereocenters. The molecule has 1 aliphatic heterocycles. The summed E-state index contributed by atoms with van der Waals surface area (Å²) in [4.78, 5) is 21.8. The van der Waals surface area contributed by atoms with Crippen molar-refractivity contribution in [3.05, 3.63) is 88.1 Å². The number of nitrogens with zero attached hydrogens (tertiary/aromatic N) is 4. The first-order valence-corrected chi connectivity index (χ1v) is 11.6. The zero-order chi connectivity index (χ0) is 25.4. The predicted octanol–water partition coefficient (Wildman–Crippen LogP) is 4.79. The van der Waals surface area contributed by atoms with Crippen molar-refractivity contribution in [2.45, 2.75) is 39.7 Å². The molecule has 3 heterocycles. The van der Waals surface area contributed by atoms with Gasteiger partial charge in [-0.05, 0) is 62.2 Å². The highest BCUT2D eigenvalue weighted by atomic mass is 19.1. The number of benzene rings is 2. The van der Waals surface area contributed by atoms with E-state index >= 15 is 0 Å². The summed E-state index contributed by atoms with van der Waals surface area (Å²) in [5.74, 6) is 1.46. The molecule has 1 amide bonds. The van der Waals surface area contributed by atoms with Crippen molar-refractivity contribution in [1.29, 1.82) is 0 Å². The summed E-state index contributed by atoms with van der Waals surface area (Å²) in [7, 11) is 1.57. The first kappa shape index (κ1) is 23.5. The maximum absolute atomic E-state index is 13.2. The lowest BCUT2D eigenvalue weighted by atomic mass is 9.85. The van der Waals surface area contributed by atoms with E-state index in [2.05, 4.69) is 20.4 Å². The highest BCUT2D eigenvalue weighted by molar-refractivity contribution is 5.95. The van der Waals surface area contributed by atoms with Crippen molar-refractivity contribution in [1.82, 2.24) is 19.7 Å². The first-order chi connectivity index (χ1) is 17.3. The van der Waals surface area contributed by atoms with Gasteiger partial charge in [0.25, 0.3) is 5.95 Å². The highest BCUT2D eigenvalue weighted by Gasteiger charge is 2.33. The molecule has 4 aromatic rings. The van der Waals surface area contributed by atoms with Crippen LogP contribution in [0.2, 0.25) is 0 Å². The fourth-order valence-corrected chi connectivity index (χ4v) is 4.54. The van der Waals surface area contributed by atoms with Gasteiger partial charge in [-0.1, -0.05) is 18.2 Å². The van der Waals surface area contributed by atoms with Crippen LogP contribution >= 0.6 is 0 Å². The molecule has 1 N–H and O–H groups in total. The molecule has 184 valence electrons. The van der Waals surface area contributed by atoms with Gasteiger partial charge in [-0.15, -0.1) is 0 Å². The predicted molar refractivity (Wildman–Crippen MR) is 132 cm³/mol. The summed E-state index contributed by atoms with van der Waals surface area (Å²) >= 11 is 0. The molecular weight excluding hydrogens is 461 g/mol. The van der Waals surface area contributed by atoms with Crippen LogP contribution in [-0.4, -0.2) is 32.8 Å². The standard InChI is InChI=1S/C27H26FN5O3/c1-15-11-16(2)30-27(29-15)33-26-25(17(3)32-33)21(13-24(34)31-26)19-7-10-22(23(12-19)35-4)36-14-18-5-8-20(28)9-6-18/h5-12,21H,13-14H2,1-4H3,(H,31,34)/t21-/m1/s1. The van der Waals surface area contributed by atoms with E-state index in [1.54, 1.807) is 23.9 Å². The molecule has 0 bridgehead atoms. The zero-order valence-corrected chi connectivity index (χ0v) is 20.5. The number of ether oxygens (including phenoxy) is 2. The van der Waals surface area contributed by atoms with Crippen molar-refractivity contribution in [3.63, 3.8) is 0 Å². The van der Waals surface area contributed by atoms with E-state index in [9.17, 15) is 9.18 Å². The van der Waals surface area contributed by atoms with Crippen LogP contribution in [0.4, 0.5) is 10.2 Å². The fourth-order valence-electron chi connectivity index (χ4n) is 4.54. The van der Waals surface area contributed by atoms with E-state index in [0.29, 0.717) is 23.3 Å². The Morgan fingerprint density at radius 2 is 1.75 bits per heavy atom. The van der Waals surface area contributed by atoms with Crippen molar-refractivity contribution in [2.24, 2.45) is 0 Å². The fraction of sp³-hybridized carbons (Fsp3) is 0.259. The van der Waals surface area contributed by atoms with Crippen LogP contribution in [0, 0.1) is 26.6 Å². The number of halogens is 1. The third-order valence-corrected chi connectivity index (χ3v) is 6.16. The van der Waals surface area contributed by atoms with Crippen LogP contribution < -0.4 is 14.8 Å². The number of aromatic nitrogens is 4. The van der Waals surface area contributed by atoms with Gasteiger partial charge in [0.15, 0.2) is 11.5 Å². The van der Waals surface area contributed by atoms with E-state index < -0.39 is 0 Å². The maximum atomic E-state index is 13.2. The molecule has 1 aliphatic rings. The quantitative estimate of drug-likeness (QED) is 0.421. The monoisotopic (exact) mass is 487 g/mol. The number of fused-ring (bicyclic) bond motifs is 1. The Balaban J connectivity index is 1.48. The smallest absolute Gasteiger partial charge is 0.252 e. The van der Waals surface area contributed by atoms with Gasteiger partial charge in [0.2, 0.25) is 5.91 Å². The number of methoxy groups -OCH3 is 1. The van der Waals surface area contributed by atoms with Crippen LogP contribution in [0.5, 0.6) is 11.5 Å². The van der Waals surface area contributed by atoms with Gasteiger partial charge in [-0.25, -0.2) is 14.4 Å². The van der Waals surface area contributed by atoms with Crippen LogP contribution in [-0.2, 0) is 11.4 Å². The number of hydrogen-bond donors (Lipinski definition) is 1. The molecule has 2 aromatic carbocycles. The van der Waals surface area contributed by atoms with Crippen molar-refractivity contribution < 1.29 is 18.7 Å². The van der Waals surface area contributed by atoms with Gasteiger partial charge in [0.1, 0.15) is 18.2 Å². The Morgan fingerprint density at radius 1 is 1.03 bits per heavy atom. The van der Waals surface area contributed by atoms with Crippen LogP contribution in [0.1, 0.15) is 46.1 Å². The second-order valence-corrected chi connectivity index (χ2v) is 8.84.